The highest BCUT2D eigenvalue weighted by molar-refractivity contribution is 6.31. The molecule has 1 heterocycles. The van der Waals surface area contributed by atoms with Crippen molar-refractivity contribution in [3.05, 3.63) is 35.0 Å². The Hall–Kier alpha value is -1.52. The van der Waals surface area contributed by atoms with Gasteiger partial charge in [0.1, 0.15) is 5.69 Å². The molecule has 2 aromatic rings. The average Bonchev–Trinajstić information content (AvgIpc) is 2.64. The number of nitrogens with zero attached hydrogens (tertiary/aromatic N) is 1. The number of carbonyl (C=O) groups excluding carboxylic acids is 1. The van der Waals surface area contributed by atoms with Crippen molar-refractivity contribution in [3.63, 3.8) is 0 Å². The van der Waals surface area contributed by atoms with Crippen LogP contribution in [0.4, 0.5) is 0 Å². The number of benzene rings is 1. The van der Waals surface area contributed by atoms with Gasteiger partial charge in [0.15, 0.2) is 0 Å². The fraction of sp³-hybridized carbons (Fsp3) is 0.308. The predicted molar refractivity (Wildman–Crippen MR) is 71.9 cm³/mol. The number of carbonyl (C=O) groups is 1. The first-order chi connectivity index (χ1) is 8.49. The molecule has 0 aliphatic heterocycles. The van der Waals surface area contributed by atoms with Gasteiger partial charge in [-0.05, 0) is 25.1 Å². The number of nitrogens with one attached hydrogen (secondary N) is 1. The van der Waals surface area contributed by atoms with Crippen molar-refractivity contribution in [1.29, 1.82) is 0 Å². The van der Waals surface area contributed by atoms with Crippen molar-refractivity contribution in [1.82, 2.24) is 9.88 Å². The van der Waals surface area contributed by atoms with Gasteiger partial charge in [0.25, 0.3) is 5.91 Å². The molecule has 1 aromatic carbocycles. The van der Waals surface area contributed by atoms with Crippen LogP contribution in [0.25, 0.3) is 10.9 Å². The van der Waals surface area contributed by atoms with E-state index >= 15 is 0 Å². The van der Waals surface area contributed by atoms with Gasteiger partial charge in [0.2, 0.25) is 0 Å². The van der Waals surface area contributed by atoms with E-state index in [9.17, 15) is 4.79 Å². The maximum Gasteiger partial charge on any atom is 0.268 e. The van der Waals surface area contributed by atoms with E-state index in [1.165, 1.54) is 0 Å². The Labute approximate surface area is 110 Å². The maximum atomic E-state index is 11.9. The van der Waals surface area contributed by atoms with E-state index in [4.69, 9.17) is 16.7 Å². The number of hydrogen-bond acceptors (Lipinski definition) is 2. The molecule has 96 valence electrons. The first-order valence-corrected chi connectivity index (χ1v) is 6.08. The normalized spacial score (nSPS) is 12.7. The summed E-state index contributed by atoms with van der Waals surface area (Å²) >= 11 is 5.94. The molecule has 0 bridgehead atoms. The second kappa shape index (κ2) is 5.00. The smallest absolute Gasteiger partial charge is 0.268 e. The summed E-state index contributed by atoms with van der Waals surface area (Å²) in [7, 11) is 1.82. The summed E-state index contributed by atoms with van der Waals surface area (Å²) in [5.74, 6) is -0.203. The molecule has 0 saturated carbocycles. The lowest BCUT2D eigenvalue weighted by Gasteiger charge is -2.08. The van der Waals surface area contributed by atoms with E-state index in [1.54, 1.807) is 17.6 Å². The Morgan fingerprint density at radius 1 is 1.50 bits per heavy atom. The third-order valence-electron chi connectivity index (χ3n) is 2.80. The fourth-order valence-corrected chi connectivity index (χ4v) is 2.02. The zero-order valence-corrected chi connectivity index (χ0v) is 11.0. The monoisotopic (exact) mass is 266 g/mol. The van der Waals surface area contributed by atoms with Crippen LogP contribution in [0.1, 0.15) is 17.4 Å². The molecule has 0 spiro atoms. The van der Waals surface area contributed by atoms with Crippen molar-refractivity contribution in [2.24, 2.45) is 7.05 Å². The summed E-state index contributed by atoms with van der Waals surface area (Å²) in [6, 6.07) is 7.30. The summed E-state index contributed by atoms with van der Waals surface area (Å²) in [5.41, 5.74) is 1.46. The summed E-state index contributed by atoms with van der Waals surface area (Å²) in [6.45, 7) is 1.86. The van der Waals surface area contributed by atoms with Crippen molar-refractivity contribution >= 4 is 28.4 Å². The number of aliphatic hydroxyl groups is 1. The molecular formula is C13H15ClN2O2. The quantitative estimate of drug-likeness (QED) is 0.892. The number of hydrogen-bond donors (Lipinski definition) is 2. The molecule has 2 N–H and O–H groups in total. The first kappa shape index (κ1) is 12.9. The fourth-order valence-electron chi connectivity index (χ4n) is 1.85. The topological polar surface area (TPSA) is 54.3 Å². The lowest BCUT2D eigenvalue weighted by Crippen LogP contribution is -2.31. The first-order valence-electron chi connectivity index (χ1n) is 5.70. The molecule has 0 aliphatic rings. The molecule has 1 atom stereocenters. The molecule has 4 nitrogen and oxygen atoms in total. The zero-order valence-electron chi connectivity index (χ0n) is 10.3. The third kappa shape index (κ3) is 2.49. The van der Waals surface area contributed by atoms with E-state index in [2.05, 4.69) is 5.32 Å². The highest BCUT2D eigenvalue weighted by Crippen LogP contribution is 2.22. The molecule has 1 amide bonds. The van der Waals surface area contributed by atoms with Crippen LogP contribution in [0.2, 0.25) is 5.02 Å². The Morgan fingerprint density at radius 2 is 2.22 bits per heavy atom. The van der Waals surface area contributed by atoms with Crippen LogP contribution in [0, 0.1) is 0 Å². The third-order valence-corrected chi connectivity index (χ3v) is 3.03. The molecule has 1 unspecified atom stereocenters. The average molecular weight is 267 g/mol. The highest BCUT2D eigenvalue weighted by atomic mass is 35.5. The predicted octanol–water partition coefficient (Wildman–Crippen LogP) is 1.94. The van der Waals surface area contributed by atoms with Crippen LogP contribution in [0.15, 0.2) is 24.3 Å². The van der Waals surface area contributed by atoms with Gasteiger partial charge >= 0.3 is 0 Å². The number of halogens is 1. The highest BCUT2D eigenvalue weighted by Gasteiger charge is 2.13. The van der Waals surface area contributed by atoms with Crippen molar-refractivity contribution in [3.8, 4) is 0 Å². The van der Waals surface area contributed by atoms with Crippen molar-refractivity contribution in [2.75, 3.05) is 6.54 Å². The van der Waals surface area contributed by atoms with E-state index in [0.717, 1.165) is 10.9 Å². The second-order valence-corrected chi connectivity index (χ2v) is 4.79. The SMILES string of the molecule is CC(O)CNC(=O)c1cc2ccc(Cl)cc2n1C. The summed E-state index contributed by atoms with van der Waals surface area (Å²) < 4.78 is 1.79. The van der Waals surface area contributed by atoms with Gasteiger partial charge in [0, 0.05) is 29.5 Å². The van der Waals surface area contributed by atoms with Crippen molar-refractivity contribution in [2.45, 2.75) is 13.0 Å². The Kier molecular flexibility index (Phi) is 3.59. The van der Waals surface area contributed by atoms with Gasteiger partial charge < -0.3 is 15.0 Å². The summed E-state index contributed by atoms with van der Waals surface area (Å²) in [5, 5.41) is 13.4. The van der Waals surface area contributed by atoms with Gasteiger partial charge in [-0.15, -0.1) is 0 Å². The van der Waals surface area contributed by atoms with Gasteiger partial charge in [-0.25, -0.2) is 0 Å². The number of aryl methyl sites for hydroxylation is 1. The van der Waals surface area contributed by atoms with E-state index in [1.807, 2.05) is 25.2 Å². The van der Waals surface area contributed by atoms with Crippen LogP contribution < -0.4 is 5.32 Å². The molecule has 5 heteroatoms. The van der Waals surface area contributed by atoms with Gasteiger partial charge in [-0.3, -0.25) is 4.79 Å². The minimum absolute atomic E-state index is 0.203. The van der Waals surface area contributed by atoms with Crippen LogP contribution in [-0.4, -0.2) is 28.2 Å². The standard InChI is InChI=1S/C13H15ClN2O2/c1-8(17)7-15-13(18)12-5-9-3-4-10(14)6-11(9)16(12)2/h3-6,8,17H,7H2,1-2H3,(H,15,18). The van der Waals surface area contributed by atoms with Crippen LogP contribution in [0.5, 0.6) is 0 Å². The molecule has 18 heavy (non-hydrogen) atoms. The maximum absolute atomic E-state index is 11.9. The number of aliphatic hydroxyl groups excluding tert-OH is 1. The number of aromatic nitrogens is 1. The summed E-state index contributed by atoms with van der Waals surface area (Å²) in [4.78, 5) is 11.9. The molecule has 0 aliphatic carbocycles. The Morgan fingerprint density at radius 3 is 2.89 bits per heavy atom. The largest absolute Gasteiger partial charge is 0.392 e. The van der Waals surface area contributed by atoms with E-state index < -0.39 is 6.10 Å². The number of rotatable bonds is 3. The molecule has 0 saturated heterocycles. The van der Waals surface area contributed by atoms with Gasteiger partial charge in [0.05, 0.1) is 6.10 Å². The lowest BCUT2D eigenvalue weighted by atomic mass is 10.2. The van der Waals surface area contributed by atoms with Crippen LogP contribution in [0.3, 0.4) is 0 Å². The molecular weight excluding hydrogens is 252 g/mol. The zero-order chi connectivity index (χ0) is 13.3. The second-order valence-electron chi connectivity index (χ2n) is 4.35. The Balaban J connectivity index is 2.34. The summed E-state index contributed by atoms with van der Waals surface area (Å²) in [6.07, 6.45) is -0.557. The van der Waals surface area contributed by atoms with Crippen molar-refractivity contribution < 1.29 is 9.90 Å². The van der Waals surface area contributed by atoms with Gasteiger partial charge in [-0.1, -0.05) is 17.7 Å². The van der Waals surface area contributed by atoms with E-state index in [0.29, 0.717) is 10.7 Å². The van der Waals surface area contributed by atoms with E-state index in [-0.39, 0.29) is 12.5 Å². The molecule has 1 aromatic heterocycles. The number of amides is 1. The van der Waals surface area contributed by atoms with Gasteiger partial charge in [-0.2, -0.15) is 0 Å². The molecule has 0 radical (unpaired) electrons. The number of fused-ring (bicyclic) bond motifs is 1. The lowest BCUT2D eigenvalue weighted by molar-refractivity contribution is 0.0916. The minimum Gasteiger partial charge on any atom is -0.392 e. The van der Waals surface area contributed by atoms with Crippen LogP contribution >= 0.6 is 11.6 Å². The molecule has 2 rings (SSSR count). The Bertz CT molecular complexity index is 590. The minimum atomic E-state index is -0.557. The molecule has 0 fully saturated rings. The van der Waals surface area contributed by atoms with Crippen LogP contribution in [-0.2, 0) is 7.05 Å².